The number of ether oxygens (including phenoxy) is 1. The molecule has 2 aromatic carbocycles. The Balaban J connectivity index is 1.88. The highest BCUT2D eigenvalue weighted by Crippen LogP contribution is 2.36. The number of carbonyl (C=O) groups excluding carboxylic acids is 1. The lowest BCUT2D eigenvalue weighted by atomic mass is 9.78. The monoisotopic (exact) mass is 282 g/mol. The van der Waals surface area contributed by atoms with Crippen molar-refractivity contribution in [3.63, 3.8) is 0 Å². The average Bonchev–Trinajstić information content (AvgIpc) is 2.51. The molecule has 21 heavy (non-hydrogen) atoms. The topological polar surface area (TPSA) is 46.5 Å². The van der Waals surface area contributed by atoms with Gasteiger partial charge in [-0.25, -0.2) is 0 Å². The Morgan fingerprint density at radius 1 is 1.00 bits per heavy atom. The summed E-state index contributed by atoms with van der Waals surface area (Å²) >= 11 is 0. The molecule has 1 aliphatic rings. The zero-order valence-corrected chi connectivity index (χ0v) is 11.7. The molecule has 2 aromatic rings. The summed E-state index contributed by atoms with van der Waals surface area (Å²) in [6.07, 6.45) is 0.0777. The highest BCUT2D eigenvalue weighted by atomic mass is 16.6. The first-order valence-corrected chi connectivity index (χ1v) is 7.21. The molecule has 0 aliphatic carbocycles. The Hall–Kier alpha value is -2.13. The fourth-order valence-electron chi connectivity index (χ4n) is 2.98. The molecule has 0 spiro atoms. The lowest BCUT2D eigenvalue weighted by Crippen LogP contribution is -2.37. The summed E-state index contributed by atoms with van der Waals surface area (Å²) in [5.41, 5.74) is 2.19. The maximum Gasteiger partial charge on any atom is 0.312 e. The van der Waals surface area contributed by atoms with Crippen LogP contribution < -0.4 is 0 Å². The molecular weight excluding hydrogens is 264 g/mol. The van der Waals surface area contributed by atoms with Crippen molar-refractivity contribution in [3.8, 4) is 0 Å². The number of hydrogen-bond acceptors (Lipinski definition) is 3. The van der Waals surface area contributed by atoms with Crippen LogP contribution in [-0.4, -0.2) is 17.4 Å². The Morgan fingerprint density at radius 3 is 2.29 bits per heavy atom. The molecule has 1 fully saturated rings. The van der Waals surface area contributed by atoms with E-state index in [1.54, 1.807) is 0 Å². The highest BCUT2D eigenvalue weighted by molar-refractivity contribution is 5.75. The third-order valence-corrected chi connectivity index (χ3v) is 4.02. The number of aliphatic hydroxyl groups is 1. The number of rotatable bonds is 3. The number of benzene rings is 2. The summed E-state index contributed by atoms with van der Waals surface area (Å²) in [6.45, 7) is 0. The Morgan fingerprint density at radius 2 is 1.62 bits per heavy atom. The molecule has 3 atom stereocenters. The Labute approximate surface area is 124 Å². The quantitative estimate of drug-likeness (QED) is 0.881. The van der Waals surface area contributed by atoms with Crippen LogP contribution in [0.25, 0.3) is 0 Å². The second-order valence-corrected chi connectivity index (χ2v) is 5.44. The molecule has 1 heterocycles. The lowest BCUT2D eigenvalue weighted by Gasteiger charge is -2.33. The standard InChI is InChI=1S/C18H18O3/c19-17-12-15(14-9-5-2-6-10-14)16(18(20)21-17)11-13-7-3-1-4-8-13/h1-10,15-17,19H,11-12H2/t15?,16-,17?/m1/s1. The number of esters is 1. The second-order valence-electron chi connectivity index (χ2n) is 5.44. The van der Waals surface area contributed by atoms with Gasteiger partial charge in [-0.15, -0.1) is 0 Å². The second kappa shape index (κ2) is 6.10. The van der Waals surface area contributed by atoms with Crippen molar-refractivity contribution < 1.29 is 14.6 Å². The molecule has 1 saturated heterocycles. The van der Waals surface area contributed by atoms with Crippen molar-refractivity contribution in [1.82, 2.24) is 0 Å². The van der Waals surface area contributed by atoms with Gasteiger partial charge in [-0.1, -0.05) is 60.7 Å². The minimum atomic E-state index is -1.00. The van der Waals surface area contributed by atoms with Crippen LogP contribution >= 0.6 is 0 Å². The molecule has 1 aliphatic heterocycles. The van der Waals surface area contributed by atoms with Crippen molar-refractivity contribution >= 4 is 5.97 Å². The molecule has 1 N–H and O–H groups in total. The van der Waals surface area contributed by atoms with E-state index in [0.717, 1.165) is 11.1 Å². The van der Waals surface area contributed by atoms with E-state index < -0.39 is 6.29 Å². The summed E-state index contributed by atoms with van der Waals surface area (Å²) in [5, 5.41) is 9.75. The van der Waals surface area contributed by atoms with Crippen LogP contribution in [-0.2, 0) is 16.0 Å². The van der Waals surface area contributed by atoms with Crippen LogP contribution in [0.15, 0.2) is 60.7 Å². The number of aliphatic hydroxyl groups excluding tert-OH is 1. The van der Waals surface area contributed by atoms with E-state index in [1.807, 2.05) is 60.7 Å². The normalized spacial score (nSPS) is 25.4. The summed E-state index contributed by atoms with van der Waals surface area (Å²) < 4.78 is 5.04. The molecule has 0 bridgehead atoms. The molecule has 2 unspecified atom stereocenters. The molecule has 108 valence electrons. The summed E-state index contributed by atoms with van der Waals surface area (Å²) in [5.74, 6) is -0.577. The Kier molecular flexibility index (Phi) is 4.02. The molecule has 3 rings (SSSR count). The number of carbonyl (C=O) groups is 1. The van der Waals surface area contributed by atoms with Gasteiger partial charge in [0.15, 0.2) is 0 Å². The predicted molar refractivity (Wildman–Crippen MR) is 79.5 cm³/mol. The van der Waals surface area contributed by atoms with Crippen LogP contribution in [0.5, 0.6) is 0 Å². The van der Waals surface area contributed by atoms with Gasteiger partial charge in [-0.2, -0.15) is 0 Å². The zero-order valence-electron chi connectivity index (χ0n) is 11.7. The predicted octanol–water partition coefficient (Wildman–Crippen LogP) is 2.89. The van der Waals surface area contributed by atoms with Gasteiger partial charge in [0.2, 0.25) is 6.29 Å². The van der Waals surface area contributed by atoms with Gasteiger partial charge in [0.1, 0.15) is 0 Å². The third-order valence-electron chi connectivity index (χ3n) is 4.02. The molecule has 3 nitrogen and oxygen atoms in total. The summed E-state index contributed by atoms with van der Waals surface area (Å²) in [6, 6.07) is 19.8. The van der Waals surface area contributed by atoms with Crippen molar-refractivity contribution in [2.24, 2.45) is 5.92 Å². The van der Waals surface area contributed by atoms with Crippen LogP contribution in [0.4, 0.5) is 0 Å². The SMILES string of the molecule is O=C1OC(O)CC(c2ccccc2)[C@H]1Cc1ccccc1. The van der Waals surface area contributed by atoms with Gasteiger partial charge in [0, 0.05) is 12.3 Å². The van der Waals surface area contributed by atoms with Gasteiger partial charge in [-0.3, -0.25) is 4.79 Å². The van der Waals surface area contributed by atoms with Crippen LogP contribution in [0.2, 0.25) is 0 Å². The van der Waals surface area contributed by atoms with Crippen LogP contribution in [0, 0.1) is 5.92 Å². The largest absolute Gasteiger partial charge is 0.436 e. The smallest absolute Gasteiger partial charge is 0.312 e. The first-order valence-electron chi connectivity index (χ1n) is 7.21. The van der Waals surface area contributed by atoms with E-state index in [9.17, 15) is 9.90 Å². The zero-order chi connectivity index (χ0) is 14.7. The van der Waals surface area contributed by atoms with Gasteiger partial charge in [-0.05, 0) is 17.5 Å². The van der Waals surface area contributed by atoms with Gasteiger partial charge < -0.3 is 9.84 Å². The maximum absolute atomic E-state index is 12.2. The summed E-state index contributed by atoms with van der Waals surface area (Å²) in [4.78, 5) is 12.2. The van der Waals surface area contributed by atoms with Gasteiger partial charge >= 0.3 is 5.97 Å². The number of cyclic esters (lactones) is 1. The van der Waals surface area contributed by atoms with E-state index in [2.05, 4.69) is 0 Å². The maximum atomic E-state index is 12.2. The molecule has 3 heteroatoms. The molecule has 0 aromatic heterocycles. The van der Waals surface area contributed by atoms with Gasteiger partial charge in [0.25, 0.3) is 0 Å². The molecular formula is C18H18O3. The van der Waals surface area contributed by atoms with E-state index in [4.69, 9.17) is 4.74 Å². The molecule has 0 amide bonds. The van der Waals surface area contributed by atoms with Gasteiger partial charge in [0.05, 0.1) is 5.92 Å². The lowest BCUT2D eigenvalue weighted by molar-refractivity contribution is -0.186. The minimum Gasteiger partial charge on any atom is -0.436 e. The van der Waals surface area contributed by atoms with Crippen molar-refractivity contribution in [2.45, 2.75) is 25.0 Å². The molecule has 0 saturated carbocycles. The Bertz CT molecular complexity index is 594. The minimum absolute atomic E-state index is 0.0114. The highest BCUT2D eigenvalue weighted by Gasteiger charge is 2.38. The van der Waals surface area contributed by atoms with E-state index >= 15 is 0 Å². The fourth-order valence-corrected chi connectivity index (χ4v) is 2.98. The van der Waals surface area contributed by atoms with Crippen molar-refractivity contribution in [1.29, 1.82) is 0 Å². The summed E-state index contributed by atoms with van der Waals surface area (Å²) in [7, 11) is 0. The van der Waals surface area contributed by atoms with Crippen molar-refractivity contribution in [2.75, 3.05) is 0 Å². The molecule has 0 radical (unpaired) electrons. The number of hydrogen-bond donors (Lipinski definition) is 1. The van der Waals surface area contributed by atoms with Crippen molar-refractivity contribution in [3.05, 3.63) is 71.8 Å². The van der Waals surface area contributed by atoms with E-state index in [1.165, 1.54) is 0 Å². The fraction of sp³-hybridized carbons (Fsp3) is 0.278. The van der Waals surface area contributed by atoms with E-state index in [-0.39, 0.29) is 17.8 Å². The van der Waals surface area contributed by atoms with Crippen LogP contribution in [0.1, 0.15) is 23.5 Å². The third kappa shape index (κ3) is 3.14. The van der Waals surface area contributed by atoms with E-state index in [0.29, 0.717) is 12.8 Å². The first kappa shape index (κ1) is 13.8. The van der Waals surface area contributed by atoms with Crippen LogP contribution in [0.3, 0.4) is 0 Å². The first-order chi connectivity index (χ1) is 10.2. The average molecular weight is 282 g/mol.